The molecule has 0 aromatic heterocycles. The lowest BCUT2D eigenvalue weighted by molar-refractivity contribution is 0.371. The Morgan fingerprint density at radius 1 is 1.54 bits per heavy atom. The first-order valence-corrected chi connectivity index (χ1v) is 4.76. The van der Waals surface area contributed by atoms with E-state index in [1.165, 1.54) is 5.56 Å². The van der Waals surface area contributed by atoms with E-state index in [0.717, 1.165) is 18.5 Å². The summed E-state index contributed by atoms with van der Waals surface area (Å²) in [7, 11) is 0. The highest BCUT2D eigenvalue weighted by atomic mass is 35.5. The molecule has 3 heteroatoms. The average Bonchev–Trinajstić information content (AvgIpc) is 2.17. The first-order valence-electron chi connectivity index (χ1n) is 4.39. The van der Waals surface area contributed by atoms with Crippen LogP contribution in [-0.4, -0.2) is 13.2 Å². The molecule has 1 aliphatic heterocycles. The van der Waals surface area contributed by atoms with Crippen LogP contribution in [0, 0.1) is 0 Å². The number of hydrogen-bond donors (Lipinski definition) is 1. The summed E-state index contributed by atoms with van der Waals surface area (Å²) in [6, 6.07) is 5.54. The number of hydrogen-bond acceptors (Lipinski definition) is 1. The average molecular weight is 200 g/mol. The summed E-state index contributed by atoms with van der Waals surface area (Å²) in [6.45, 7) is 0.483. The molecule has 1 N–H and O–H groups in total. The van der Waals surface area contributed by atoms with E-state index >= 15 is 0 Å². The Labute approximate surface area is 81.9 Å². The van der Waals surface area contributed by atoms with Gasteiger partial charge < -0.3 is 5.32 Å². The molecule has 0 saturated carbocycles. The van der Waals surface area contributed by atoms with Crippen molar-refractivity contribution in [2.24, 2.45) is 0 Å². The van der Waals surface area contributed by atoms with E-state index in [0.29, 0.717) is 5.02 Å². The van der Waals surface area contributed by atoms with Crippen molar-refractivity contribution in [3.8, 4) is 0 Å². The number of benzene rings is 1. The minimum Gasteiger partial charge on any atom is -0.307 e. The van der Waals surface area contributed by atoms with Gasteiger partial charge in [0.1, 0.15) is 6.67 Å². The molecule has 1 aromatic carbocycles. The highest BCUT2D eigenvalue weighted by Crippen LogP contribution is 2.26. The molecule has 0 radical (unpaired) electrons. The highest BCUT2D eigenvalue weighted by Gasteiger charge is 2.19. The Balaban J connectivity index is 2.41. The minimum atomic E-state index is -0.368. The number of nitrogens with one attached hydrogen (secondary N) is 1. The standard InChI is InChI=1S/C10H11ClFN/c11-8-2-1-7-3-4-13-10(6-12)9(7)5-8/h1-2,5,10,13H,3-4,6H2. The topological polar surface area (TPSA) is 12.0 Å². The summed E-state index contributed by atoms with van der Waals surface area (Å²) in [5, 5.41) is 3.80. The maximum atomic E-state index is 12.6. The van der Waals surface area contributed by atoms with E-state index in [1.807, 2.05) is 18.2 Å². The fourth-order valence-electron chi connectivity index (χ4n) is 1.75. The zero-order chi connectivity index (χ0) is 9.26. The van der Waals surface area contributed by atoms with Crippen LogP contribution in [0.25, 0.3) is 0 Å². The third kappa shape index (κ3) is 1.69. The van der Waals surface area contributed by atoms with Crippen LogP contribution in [0.5, 0.6) is 0 Å². The Hall–Kier alpha value is -0.600. The van der Waals surface area contributed by atoms with Gasteiger partial charge in [-0.1, -0.05) is 17.7 Å². The van der Waals surface area contributed by atoms with Gasteiger partial charge in [-0.15, -0.1) is 0 Å². The van der Waals surface area contributed by atoms with Crippen molar-refractivity contribution in [3.05, 3.63) is 34.3 Å². The molecular formula is C10H11ClFN. The molecule has 0 fully saturated rings. The number of rotatable bonds is 1. The fraction of sp³-hybridized carbons (Fsp3) is 0.400. The van der Waals surface area contributed by atoms with Crippen LogP contribution in [0.4, 0.5) is 4.39 Å². The first kappa shape index (κ1) is 8.97. The predicted molar refractivity (Wildman–Crippen MR) is 51.9 cm³/mol. The van der Waals surface area contributed by atoms with Gasteiger partial charge in [0.15, 0.2) is 0 Å². The normalized spacial score (nSPS) is 21.2. The van der Waals surface area contributed by atoms with Gasteiger partial charge in [-0.2, -0.15) is 0 Å². The van der Waals surface area contributed by atoms with Crippen LogP contribution >= 0.6 is 11.6 Å². The van der Waals surface area contributed by atoms with E-state index in [2.05, 4.69) is 5.32 Å². The molecule has 1 atom stereocenters. The second-order valence-electron chi connectivity index (χ2n) is 3.25. The third-order valence-corrected chi connectivity index (χ3v) is 2.66. The van der Waals surface area contributed by atoms with Gasteiger partial charge in [0.05, 0.1) is 6.04 Å². The van der Waals surface area contributed by atoms with E-state index in [1.54, 1.807) is 0 Å². The van der Waals surface area contributed by atoms with Crippen LogP contribution in [0.3, 0.4) is 0 Å². The SMILES string of the molecule is FCC1NCCc2ccc(Cl)cc21. The molecule has 0 spiro atoms. The lowest BCUT2D eigenvalue weighted by Gasteiger charge is -2.24. The van der Waals surface area contributed by atoms with Crippen LogP contribution in [0.2, 0.25) is 5.02 Å². The van der Waals surface area contributed by atoms with E-state index in [4.69, 9.17) is 11.6 Å². The molecule has 1 aromatic rings. The smallest absolute Gasteiger partial charge is 0.109 e. The van der Waals surface area contributed by atoms with Crippen molar-refractivity contribution >= 4 is 11.6 Å². The maximum Gasteiger partial charge on any atom is 0.109 e. The summed E-state index contributed by atoms with van der Waals surface area (Å²) < 4.78 is 12.6. The van der Waals surface area contributed by atoms with Gasteiger partial charge in [-0.25, -0.2) is 4.39 Å². The van der Waals surface area contributed by atoms with Crippen molar-refractivity contribution in [2.45, 2.75) is 12.5 Å². The minimum absolute atomic E-state index is 0.164. The van der Waals surface area contributed by atoms with E-state index in [9.17, 15) is 4.39 Å². The van der Waals surface area contributed by atoms with Crippen molar-refractivity contribution < 1.29 is 4.39 Å². The molecule has 1 heterocycles. The number of alkyl halides is 1. The summed E-state index contributed by atoms with van der Waals surface area (Å²) in [5.41, 5.74) is 2.23. The largest absolute Gasteiger partial charge is 0.307 e. The molecule has 0 aliphatic carbocycles. The Morgan fingerprint density at radius 2 is 2.38 bits per heavy atom. The van der Waals surface area contributed by atoms with Gasteiger partial charge >= 0.3 is 0 Å². The molecule has 1 nitrogen and oxygen atoms in total. The lowest BCUT2D eigenvalue weighted by Crippen LogP contribution is -2.30. The molecule has 70 valence electrons. The van der Waals surface area contributed by atoms with Crippen LogP contribution in [0.1, 0.15) is 17.2 Å². The predicted octanol–water partition coefficient (Wildman–Crippen LogP) is 2.50. The van der Waals surface area contributed by atoms with Crippen molar-refractivity contribution in [2.75, 3.05) is 13.2 Å². The monoisotopic (exact) mass is 199 g/mol. The van der Waals surface area contributed by atoms with Crippen molar-refractivity contribution in [3.63, 3.8) is 0 Å². The van der Waals surface area contributed by atoms with Crippen molar-refractivity contribution in [1.82, 2.24) is 5.32 Å². The van der Waals surface area contributed by atoms with Crippen LogP contribution in [0.15, 0.2) is 18.2 Å². The lowest BCUT2D eigenvalue weighted by atomic mass is 9.95. The summed E-state index contributed by atoms with van der Waals surface area (Å²) >= 11 is 5.85. The van der Waals surface area contributed by atoms with E-state index in [-0.39, 0.29) is 12.7 Å². The van der Waals surface area contributed by atoms with Crippen molar-refractivity contribution in [1.29, 1.82) is 0 Å². The zero-order valence-electron chi connectivity index (χ0n) is 7.19. The second kappa shape index (κ2) is 3.64. The maximum absolute atomic E-state index is 12.6. The van der Waals surface area contributed by atoms with Gasteiger partial charge in [-0.05, 0) is 36.2 Å². The highest BCUT2D eigenvalue weighted by molar-refractivity contribution is 6.30. The summed E-state index contributed by atoms with van der Waals surface area (Å²) in [4.78, 5) is 0. The van der Waals surface area contributed by atoms with Crippen LogP contribution < -0.4 is 5.32 Å². The molecule has 1 unspecified atom stereocenters. The molecule has 1 aliphatic rings. The fourth-order valence-corrected chi connectivity index (χ4v) is 1.93. The number of fused-ring (bicyclic) bond motifs is 1. The Bertz CT molecular complexity index is 314. The van der Waals surface area contributed by atoms with Gasteiger partial charge in [0.2, 0.25) is 0 Å². The summed E-state index contributed by atoms with van der Waals surface area (Å²) in [6.07, 6.45) is 0.961. The molecule has 2 rings (SSSR count). The molecule has 0 bridgehead atoms. The molecular weight excluding hydrogens is 189 g/mol. The molecule has 0 saturated heterocycles. The first-order chi connectivity index (χ1) is 6.31. The van der Waals surface area contributed by atoms with Gasteiger partial charge in [0.25, 0.3) is 0 Å². The van der Waals surface area contributed by atoms with E-state index < -0.39 is 0 Å². The Kier molecular flexibility index (Phi) is 2.51. The zero-order valence-corrected chi connectivity index (χ0v) is 7.94. The van der Waals surface area contributed by atoms with Gasteiger partial charge in [0, 0.05) is 5.02 Å². The molecule has 0 amide bonds. The quantitative estimate of drug-likeness (QED) is 0.733. The summed E-state index contributed by atoms with van der Waals surface area (Å²) in [5.74, 6) is 0. The third-order valence-electron chi connectivity index (χ3n) is 2.42. The Morgan fingerprint density at radius 3 is 3.15 bits per heavy atom. The number of halogens is 2. The van der Waals surface area contributed by atoms with Crippen LogP contribution in [-0.2, 0) is 6.42 Å². The second-order valence-corrected chi connectivity index (χ2v) is 3.69. The van der Waals surface area contributed by atoms with Gasteiger partial charge in [-0.3, -0.25) is 0 Å². The molecule has 13 heavy (non-hydrogen) atoms.